The van der Waals surface area contributed by atoms with Gasteiger partial charge in [0.1, 0.15) is 0 Å². The molecule has 0 spiro atoms. The molecule has 9 nitrogen and oxygen atoms in total. The summed E-state index contributed by atoms with van der Waals surface area (Å²) < 4.78 is 65.4. The summed E-state index contributed by atoms with van der Waals surface area (Å²) in [5.74, 6) is 0. The predicted molar refractivity (Wildman–Crippen MR) is 13.8 cm³/mol. The van der Waals surface area contributed by atoms with Crippen LogP contribution in [0.1, 0.15) is 0 Å². The van der Waals surface area contributed by atoms with Crippen LogP contribution in [-0.2, 0) is 0 Å². The summed E-state index contributed by atoms with van der Waals surface area (Å²) in [5, 5.41) is 0. The monoisotopic (exact) mass is 356 g/mol. The molecule has 0 aromatic rings. The van der Waals surface area contributed by atoms with E-state index in [2.05, 4.69) is 0 Å². The van der Waals surface area contributed by atoms with Gasteiger partial charge in [0.2, 0.25) is 0 Å². The van der Waals surface area contributed by atoms with Crippen LogP contribution < -0.4 is 28.0 Å². The molecule has 0 aliphatic carbocycles. The molecule has 0 bridgehead atoms. The molecule has 0 aliphatic rings. The van der Waals surface area contributed by atoms with Crippen molar-refractivity contribution < 1.29 is 63.2 Å². The summed E-state index contributed by atoms with van der Waals surface area (Å²) in [6.07, 6.45) is 0. The van der Waals surface area contributed by atoms with E-state index in [1.165, 1.54) is 0 Å². The zero-order valence-electron chi connectivity index (χ0n) is 5.31. The molecular weight excluding hydrogens is 352 g/mol. The van der Waals surface area contributed by atoms with Gasteiger partial charge in [0.25, 0.3) is 0 Å². The third-order valence-corrected chi connectivity index (χ3v) is 0. The Morgan fingerprint density at radius 2 is 0.667 bits per heavy atom. The Bertz CT molecular complexity index is 55.5. The SMILES string of the molecule is O.[Ba].[O-][Cl+3]([O-])([O-])O.[O-][Cl+3]([O-])([O-])O. The minimum absolute atomic E-state index is 0. The Hall–Kier alpha value is 1.79. The van der Waals surface area contributed by atoms with Crippen molar-refractivity contribution in [3.8, 4) is 0 Å². The Balaban J connectivity index is -0.0000000457. The van der Waals surface area contributed by atoms with Crippen LogP contribution in [0.25, 0.3) is 0 Å². The zero-order valence-corrected chi connectivity index (χ0v) is 11.3. The topological polar surface area (TPSA) is 210 Å². The first kappa shape index (κ1) is 23.5. The van der Waals surface area contributed by atoms with Gasteiger partial charge in [-0.25, -0.2) is 0 Å². The van der Waals surface area contributed by atoms with Gasteiger partial charge in [0.15, 0.2) is 0 Å². The zero-order chi connectivity index (χ0) is 9.00. The normalized spacial score (nSPS) is 10.0. The van der Waals surface area contributed by atoms with Crippen LogP contribution in [0.5, 0.6) is 0 Å². The van der Waals surface area contributed by atoms with Crippen LogP contribution in [0.15, 0.2) is 0 Å². The van der Waals surface area contributed by atoms with E-state index < -0.39 is 20.5 Å². The fourth-order valence-corrected chi connectivity index (χ4v) is 0. The quantitative estimate of drug-likeness (QED) is 0.397. The second kappa shape index (κ2) is 9.35. The van der Waals surface area contributed by atoms with Crippen molar-refractivity contribution in [1.82, 2.24) is 0 Å². The Morgan fingerprint density at radius 3 is 0.667 bits per heavy atom. The molecule has 0 aromatic carbocycles. The van der Waals surface area contributed by atoms with Crippen LogP contribution >= 0.6 is 0 Å². The molecule has 0 amide bonds. The number of rotatable bonds is 0. The fourth-order valence-electron chi connectivity index (χ4n) is 0. The molecule has 0 aromatic heterocycles. The average molecular weight is 356 g/mol. The predicted octanol–water partition coefficient (Wildman–Crippen LogP) is -9.45. The Kier molecular flexibility index (Phi) is 18.3. The standard InChI is InChI=1S/Ba.2ClHO4.H2O/c;2*2-1(3,4)5;/h;2*(H,2,3,4,5);1H2. The van der Waals surface area contributed by atoms with Gasteiger partial charge in [0, 0.05) is 48.9 Å². The van der Waals surface area contributed by atoms with E-state index in [0.717, 1.165) is 0 Å². The molecule has 0 aliphatic heterocycles. The molecule has 0 unspecified atom stereocenters. The minimum atomic E-state index is -4.69. The largest absolute Gasteiger partial charge is 0.412 e. The van der Waals surface area contributed by atoms with E-state index in [9.17, 15) is 0 Å². The van der Waals surface area contributed by atoms with E-state index in [0.29, 0.717) is 0 Å². The second-order valence-corrected chi connectivity index (χ2v) is 2.38. The first-order chi connectivity index (χ1) is 4.00. The van der Waals surface area contributed by atoms with Gasteiger partial charge in [-0.1, -0.05) is 0 Å². The third-order valence-electron chi connectivity index (χ3n) is 0. The molecule has 0 rings (SSSR count). The Labute approximate surface area is 111 Å². The van der Waals surface area contributed by atoms with Gasteiger partial charge in [-0.15, -0.1) is 0 Å². The molecule has 0 saturated heterocycles. The molecule has 0 fully saturated rings. The van der Waals surface area contributed by atoms with Crippen molar-refractivity contribution in [3.05, 3.63) is 0 Å². The summed E-state index contributed by atoms with van der Waals surface area (Å²) in [6, 6.07) is 0. The molecule has 12 heavy (non-hydrogen) atoms. The number of hydrogen-bond acceptors (Lipinski definition) is 8. The molecule has 4 N–H and O–H groups in total. The maximum absolute atomic E-state index is 8.60. The van der Waals surface area contributed by atoms with Crippen LogP contribution in [0.2, 0.25) is 0 Å². The molecule has 0 saturated carbocycles. The number of hydrogen-bond donors (Lipinski definition) is 2. The van der Waals surface area contributed by atoms with Crippen molar-refractivity contribution in [2.45, 2.75) is 0 Å². The Morgan fingerprint density at radius 1 is 0.667 bits per heavy atom. The summed E-state index contributed by atoms with van der Waals surface area (Å²) in [4.78, 5) is 0. The summed E-state index contributed by atoms with van der Waals surface area (Å²) in [6.45, 7) is 0. The van der Waals surface area contributed by atoms with Gasteiger partial charge >= 0.3 is 0 Å². The molecule has 74 valence electrons. The molecule has 0 atom stereocenters. The van der Waals surface area contributed by atoms with Crippen LogP contribution in [-0.4, -0.2) is 63.7 Å². The third kappa shape index (κ3) is 428. The van der Waals surface area contributed by atoms with Gasteiger partial charge in [-0.2, -0.15) is 28.0 Å². The molecule has 12 heteroatoms. The summed E-state index contributed by atoms with van der Waals surface area (Å²) in [7, 11) is -9.39. The first-order valence-electron chi connectivity index (χ1n) is 1.26. The fraction of sp³-hybridized carbons (Fsp3) is 0. The van der Waals surface area contributed by atoms with Crippen molar-refractivity contribution >= 4 is 48.9 Å². The molecule has 0 heterocycles. The van der Waals surface area contributed by atoms with Gasteiger partial charge in [0.05, 0.1) is 29.8 Å². The maximum Gasteiger partial charge on any atom is 0.0777 e. The summed E-state index contributed by atoms with van der Waals surface area (Å²) >= 11 is 0. The smallest absolute Gasteiger partial charge is 0.0777 e. The van der Waals surface area contributed by atoms with E-state index in [4.69, 9.17) is 37.3 Å². The molecular formula is H4BaCl2O9. The van der Waals surface area contributed by atoms with E-state index in [-0.39, 0.29) is 54.4 Å². The van der Waals surface area contributed by atoms with Crippen molar-refractivity contribution in [2.75, 3.05) is 0 Å². The van der Waals surface area contributed by atoms with Crippen molar-refractivity contribution in [3.63, 3.8) is 0 Å². The number of halogens is 2. The van der Waals surface area contributed by atoms with Gasteiger partial charge < -0.3 is 5.48 Å². The van der Waals surface area contributed by atoms with Crippen LogP contribution in [0, 0.1) is 20.5 Å². The van der Waals surface area contributed by atoms with Crippen molar-refractivity contribution in [2.24, 2.45) is 0 Å². The van der Waals surface area contributed by atoms with E-state index in [1.807, 2.05) is 0 Å². The second-order valence-electron chi connectivity index (χ2n) is 0.792. The van der Waals surface area contributed by atoms with Crippen LogP contribution in [0.3, 0.4) is 0 Å². The van der Waals surface area contributed by atoms with Crippen molar-refractivity contribution in [1.29, 1.82) is 0 Å². The van der Waals surface area contributed by atoms with Gasteiger partial charge in [-0.3, -0.25) is 0 Å². The van der Waals surface area contributed by atoms with Gasteiger partial charge in [-0.05, 0) is 0 Å². The first-order valence-corrected chi connectivity index (χ1v) is 3.79. The van der Waals surface area contributed by atoms with Crippen LogP contribution in [0.4, 0.5) is 0 Å². The minimum Gasteiger partial charge on any atom is -0.412 e. The maximum atomic E-state index is 8.60. The molecule has 2 radical (unpaired) electrons. The van der Waals surface area contributed by atoms with E-state index >= 15 is 0 Å². The van der Waals surface area contributed by atoms with E-state index in [1.54, 1.807) is 0 Å². The average Bonchev–Trinajstić information content (AvgIpc) is 1.12. The summed E-state index contributed by atoms with van der Waals surface area (Å²) in [5.41, 5.74) is 0.